The van der Waals surface area contributed by atoms with Crippen molar-refractivity contribution in [3.63, 3.8) is 0 Å². The maximum absolute atomic E-state index is 12.9. The quantitative estimate of drug-likeness (QED) is 0.328. The number of nitrogens with zero attached hydrogens (tertiary/aromatic N) is 3. The second kappa shape index (κ2) is 10.9. The molecule has 1 heterocycles. The van der Waals surface area contributed by atoms with Crippen molar-refractivity contribution >= 4 is 29.2 Å². The molecule has 1 amide bonds. The van der Waals surface area contributed by atoms with Gasteiger partial charge < -0.3 is 10.5 Å². The molecule has 0 bridgehead atoms. The molecule has 0 radical (unpaired) electrons. The van der Waals surface area contributed by atoms with Crippen LogP contribution in [0.15, 0.2) is 39.9 Å². The van der Waals surface area contributed by atoms with Crippen molar-refractivity contribution in [3.8, 4) is 0 Å². The van der Waals surface area contributed by atoms with E-state index in [1.165, 1.54) is 36.0 Å². The topological polar surface area (TPSA) is 154 Å². The number of unbranched alkanes of at least 4 members (excludes halogenated alkanes) is 1. The lowest BCUT2D eigenvalue weighted by molar-refractivity contribution is -0.385. The van der Waals surface area contributed by atoms with Gasteiger partial charge in [0, 0.05) is 32.3 Å². The molecule has 11 heteroatoms. The highest BCUT2D eigenvalue weighted by Crippen LogP contribution is 2.21. The van der Waals surface area contributed by atoms with E-state index in [1.807, 2.05) is 6.92 Å². The van der Waals surface area contributed by atoms with Gasteiger partial charge in [0.15, 0.2) is 5.69 Å². The van der Waals surface area contributed by atoms with Crippen LogP contribution < -0.4 is 21.9 Å². The number of anilines is 2. The van der Waals surface area contributed by atoms with Gasteiger partial charge in [-0.2, -0.15) is 0 Å². The molecule has 0 aliphatic heterocycles. The summed E-state index contributed by atoms with van der Waals surface area (Å²) in [7, 11) is 1.43. The molecular weight excluding hydrogens is 406 g/mol. The Kier molecular flexibility index (Phi) is 8.26. The van der Waals surface area contributed by atoms with E-state index in [9.17, 15) is 24.5 Å². The van der Waals surface area contributed by atoms with Crippen molar-refractivity contribution in [2.24, 2.45) is 0 Å². The number of carbonyl (C=O) groups is 1. The molecule has 3 N–H and O–H groups in total. The second-order valence-corrected chi connectivity index (χ2v) is 6.63. The minimum Gasteiger partial charge on any atom is -0.383 e. The molecule has 31 heavy (non-hydrogen) atoms. The molecule has 1 aromatic heterocycles. The third-order valence-electron chi connectivity index (χ3n) is 4.54. The Morgan fingerprint density at radius 1 is 1.35 bits per heavy atom. The van der Waals surface area contributed by atoms with Gasteiger partial charge in [-0.05, 0) is 18.6 Å². The number of aromatic nitrogens is 2. The number of hydrogen-bond donors (Lipinski definition) is 2. The summed E-state index contributed by atoms with van der Waals surface area (Å²) in [6.07, 6.45) is 3.85. The Morgan fingerprint density at radius 3 is 2.71 bits per heavy atom. The van der Waals surface area contributed by atoms with Gasteiger partial charge in [-0.1, -0.05) is 25.5 Å². The maximum Gasteiger partial charge on any atom is 0.330 e. The molecule has 0 saturated heterocycles. The van der Waals surface area contributed by atoms with Crippen LogP contribution in [-0.2, 0) is 16.1 Å². The predicted octanol–water partition coefficient (Wildman–Crippen LogP) is 1.52. The van der Waals surface area contributed by atoms with E-state index >= 15 is 0 Å². The summed E-state index contributed by atoms with van der Waals surface area (Å²) in [5.41, 5.74) is 4.52. The lowest BCUT2D eigenvalue weighted by Gasteiger charge is -2.23. The molecule has 1 aromatic carbocycles. The van der Waals surface area contributed by atoms with Gasteiger partial charge in [0.05, 0.1) is 17.1 Å². The SMILES string of the molecule is CCCCn1c(N)c(N(CCOC)C(=O)/C=C/c2ccccc2[N+](=O)[O-])c(=O)[nH]c1=O. The van der Waals surface area contributed by atoms with Crippen LogP contribution in [0.5, 0.6) is 0 Å². The van der Waals surface area contributed by atoms with Crippen LogP contribution in [0, 0.1) is 10.1 Å². The van der Waals surface area contributed by atoms with Gasteiger partial charge in [0.1, 0.15) is 5.82 Å². The molecule has 0 unspecified atom stereocenters. The number of hydrogen-bond acceptors (Lipinski definition) is 7. The first kappa shape index (κ1) is 23.5. The van der Waals surface area contributed by atoms with Crippen molar-refractivity contribution in [1.29, 1.82) is 0 Å². The summed E-state index contributed by atoms with van der Waals surface area (Å²) in [6.45, 7) is 2.30. The number of benzene rings is 1. The van der Waals surface area contributed by atoms with Gasteiger partial charge in [-0.3, -0.25) is 34.2 Å². The number of carbonyl (C=O) groups excluding carboxylic acids is 1. The van der Waals surface area contributed by atoms with Gasteiger partial charge in [-0.15, -0.1) is 0 Å². The minimum absolute atomic E-state index is 0.0180. The summed E-state index contributed by atoms with van der Waals surface area (Å²) in [5, 5.41) is 11.2. The monoisotopic (exact) mass is 431 g/mol. The summed E-state index contributed by atoms with van der Waals surface area (Å²) < 4.78 is 6.23. The number of amides is 1. The van der Waals surface area contributed by atoms with Crippen molar-refractivity contribution in [2.75, 3.05) is 30.9 Å². The molecule has 0 saturated carbocycles. The molecule has 2 aromatic rings. The van der Waals surface area contributed by atoms with Crippen molar-refractivity contribution in [2.45, 2.75) is 26.3 Å². The summed E-state index contributed by atoms with van der Waals surface area (Å²) in [4.78, 5) is 51.5. The largest absolute Gasteiger partial charge is 0.383 e. The first-order valence-electron chi connectivity index (χ1n) is 9.66. The van der Waals surface area contributed by atoms with Crippen LogP contribution in [-0.4, -0.2) is 40.6 Å². The van der Waals surface area contributed by atoms with Gasteiger partial charge in [0.2, 0.25) is 0 Å². The normalized spacial score (nSPS) is 11.0. The van der Waals surface area contributed by atoms with Gasteiger partial charge >= 0.3 is 5.69 Å². The molecule has 0 aliphatic carbocycles. The number of para-hydroxylation sites is 1. The van der Waals surface area contributed by atoms with Crippen LogP contribution in [0.4, 0.5) is 17.2 Å². The molecule has 0 spiro atoms. The molecule has 0 aliphatic rings. The van der Waals surface area contributed by atoms with Crippen LogP contribution in [0.3, 0.4) is 0 Å². The van der Waals surface area contributed by atoms with Crippen molar-refractivity contribution < 1.29 is 14.5 Å². The van der Waals surface area contributed by atoms with Crippen LogP contribution in [0.2, 0.25) is 0 Å². The maximum atomic E-state index is 12.9. The number of nitro groups is 1. The second-order valence-electron chi connectivity index (χ2n) is 6.63. The molecule has 166 valence electrons. The Bertz CT molecular complexity index is 1090. The number of H-pyrrole nitrogens is 1. The lowest BCUT2D eigenvalue weighted by Crippen LogP contribution is -2.42. The zero-order valence-electron chi connectivity index (χ0n) is 17.4. The zero-order chi connectivity index (χ0) is 23.0. The van der Waals surface area contributed by atoms with E-state index in [-0.39, 0.29) is 42.5 Å². The number of ether oxygens (including phenoxy) is 1. The Labute approximate surface area is 177 Å². The van der Waals surface area contributed by atoms with Gasteiger partial charge in [0.25, 0.3) is 17.2 Å². The fourth-order valence-corrected chi connectivity index (χ4v) is 2.94. The Balaban J connectivity index is 2.49. The molecule has 2 rings (SSSR count). The molecule has 0 fully saturated rings. The first-order chi connectivity index (χ1) is 14.8. The number of nitrogen functional groups attached to an aromatic ring is 1. The number of aromatic amines is 1. The molecule has 0 atom stereocenters. The van der Waals surface area contributed by atoms with E-state index < -0.39 is 22.1 Å². The number of nitrogens with one attached hydrogen (secondary N) is 1. The average Bonchev–Trinajstić information content (AvgIpc) is 2.74. The van der Waals surface area contributed by atoms with E-state index in [4.69, 9.17) is 10.5 Å². The van der Waals surface area contributed by atoms with Crippen molar-refractivity contribution in [1.82, 2.24) is 9.55 Å². The predicted molar refractivity (Wildman–Crippen MR) is 117 cm³/mol. The number of rotatable bonds is 10. The Morgan fingerprint density at radius 2 is 2.06 bits per heavy atom. The number of methoxy groups -OCH3 is 1. The smallest absolute Gasteiger partial charge is 0.330 e. The third-order valence-corrected chi connectivity index (χ3v) is 4.54. The highest BCUT2D eigenvalue weighted by Gasteiger charge is 2.23. The average molecular weight is 431 g/mol. The van der Waals surface area contributed by atoms with E-state index in [0.717, 1.165) is 17.4 Å². The number of nitrogens with two attached hydrogens (primary N) is 1. The highest BCUT2D eigenvalue weighted by atomic mass is 16.6. The van der Waals surface area contributed by atoms with Crippen molar-refractivity contribution in [3.05, 3.63) is 66.9 Å². The van der Waals surface area contributed by atoms with E-state index in [2.05, 4.69) is 4.98 Å². The van der Waals surface area contributed by atoms with Crippen LogP contribution >= 0.6 is 0 Å². The summed E-state index contributed by atoms with van der Waals surface area (Å²) >= 11 is 0. The fraction of sp³-hybridized carbons (Fsp3) is 0.350. The highest BCUT2D eigenvalue weighted by molar-refractivity contribution is 6.05. The van der Waals surface area contributed by atoms with Gasteiger partial charge in [-0.25, -0.2) is 4.79 Å². The molecular formula is C20H25N5O6. The lowest BCUT2D eigenvalue weighted by atomic mass is 10.1. The minimum atomic E-state index is -0.807. The van der Waals surface area contributed by atoms with E-state index in [0.29, 0.717) is 6.42 Å². The van der Waals surface area contributed by atoms with E-state index in [1.54, 1.807) is 6.07 Å². The molecule has 11 nitrogen and oxygen atoms in total. The third kappa shape index (κ3) is 5.66. The Hall–Kier alpha value is -3.73. The zero-order valence-corrected chi connectivity index (χ0v) is 17.4. The number of nitro benzene ring substituents is 1. The van der Waals surface area contributed by atoms with Crippen LogP contribution in [0.1, 0.15) is 25.3 Å². The summed E-state index contributed by atoms with van der Waals surface area (Å²) in [5.74, 6) is -0.779. The first-order valence-corrected chi connectivity index (χ1v) is 9.66. The standard InChI is InChI=1S/C20H25N5O6/c1-3-4-11-24-18(21)17(19(27)22-20(24)28)23(12-13-31-2)16(26)10-9-14-7-5-6-8-15(14)25(29)30/h5-10H,3-4,11-13,21H2,1-2H3,(H,22,27,28)/b10-9+. The van der Waals surface area contributed by atoms with Crippen LogP contribution in [0.25, 0.3) is 6.08 Å². The summed E-state index contributed by atoms with van der Waals surface area (Å²) in [6, 6.07) is 5.93. The fourth-order valence-electron chi connectivity index (χ4n) is 2.94.